The Morgan fingerprint density at radius 3 is 2.53 bits per heavy atom. The molecule has 5 nitrogen and oxygen atoms in total. The summed E-state index contributed by atoms with van der Waals surface area (Å²) < 4.78 is 4.78. The summed E-state index contributed by atoms with van der Waals surface area (Å²) in [5.41, 5.74) is 0. The van der Waals surface area contributed by atoms with Crippen LogP contribution in [-0.2, 0) is 14.3 Å². The van der Waals surface area contributed by atoms with Crippen LogP contribution in [0.4, 0.5) is 0 Å². The molecule has 5 heteroatoms. The summed E-state index contributed by atoms with van der Waals surface area (Å²) in [5, 5.41) is 17.3. The highest BCUT2D eigenvalue weighted by atomic mass is 16.5. The van der Waals surface area contributed by atoms with Gasteiger partial charge in [-0.25, -0.2) is 0 Å². The lowest BCUT2D eigenvalue weighted by Gasteiger charge is -2.13. The Morgan fingerprint density at radius 1 is 1.26 bits per heavy atom. The molecule has 0 radical (unpaired) electrons. The molecule has 19 heavy (non-hydrogen) atoms. The van der Waals surface area contributed by atoms with Crippen molar-refractivity contribution >= 4 is 11.9 Å². The highest BCUT2D eigenvalue weighted by Crippen LogP contribution is 2.15. The van der Waals surface area contributed by atoms with Crippen molar-refractivity contribution in [3.05, 3.63) is 12.2 Å². The van der Waals surface area contributed by atoms with E-state index in [1.165, 1.54) is 0 Å². The zero-order valence-corrected chi connectivity index (χ0v) is 11.5. The van der Waals surface area contributed by atoms with Gasteiger partial charge in [-0.15, -0.1) is 0 Å². The van der Waals surface area contributed by atoms with Crippen LogP contribution in [0, 0.1) is 5.92 Å². The lowest BCUT2D eigenvalue weighted by atomic mass is 9.98. The third kappa shape index (κ3) is 10.3. The first kappa shape index (κ1) is 17.6. The minimum Gasteiger partial charge on any atom is -0.481 e. The zero-order valence-electron chi connectivity index (χ0n) is 11.5. The number of carbonyl (C=O) groups is 2. The van der Waals surface area contributed by atoms with Crippen molar-refractivity contribution in [2.45, 2.75) is 45.4 Å². The van der Waals surface area contributed by atoms with Gasteiger partial charge in [-0.1, -0.05) is 25.5 Å². The average Bonchev–Trinajstić information content (AvgIpc) is 2.38. The van der Waals surface area contributed by atoms with Crippen LogP contribution < -0.4 is 0 Å². The number of rotatable bonds is 11. The van der Waals surface area contributed by atoms with Gasteiger partial charge in [-0.2, -0.15) is 0 Å². The number of ether oxygens (including phenoxy) is 1. The maximum Gasteiger partial charge on any atom is 0.309 e. The molecule has 110 valence electrons. The van der Waals surface area contributed by atoms with Gasteiger partial charge in [0.15, 0.2) is 0 Å². The molecular formula is C14H24O5. The fourth-order valence-corrected chi connectivity index (χ4v) is 1.66. The normalized spacial score (nSPS) is 12.5. The predicted octanol–water partition coefficient (Wildman–Crippen LogP) is 2.14. The second kappa shape index (κ2) is 11.7. The van der Waals surface area contributed by atoms with Gasteiger partial charge < -0.3 is 14.9 Å². The lowest BCUT2D eigenvalue weighted by molar-refractivity contribution is -0.154. The maximum absolute atomic E-state index is 11.6. The van der Waals surface area contributed by atoms with Crippen LogP contribution in [0.1, 0.15) is 45.4 Å². The Labute approximate surface area is 114 Å². The molecule has 0 amide bonds. The first-order valence-corrected chi connectivity index (χ1v) is 6.76. The number of hydrogen-bond donors (Lipinski definition) is 2. The van der Waals surface area contributed by atoms with Crippen LogP contribution in [0.25, 0.3) is 0 Å². The van der Waals surface area contributed by atoms with Gasteiger partial charge in [0.05, 0.1) is 18.9 Å². The van der Waals surface area contributed by atoms with Crippen LogP contribution >= 0.6 is 0 Å². The number of hydrogen-bond acceptors (Lipinski definition) is 4. The minimum atomic E-state index is -1.01. The van der Waals surface area contributed by atoms with Crippen molar-refractivity contribution in [3.8, 4) is 0 Å². The number of carboxylic acids is 1. The number of unbranched alkanes of at least 4 members (excludes halogenated alkanes) is 2. The molecule has 0 saturated heterocycles. The largest absolute Gasteiger partial charge is 0.481 e. The zero-order chi connectivity index (χ0) is 14.5. The summed E-state index contributed by atoms with van der Waals surface area (Å²) in [7, 11) is 0. The summed E-state index contributed by atoms with van der Waals surface area (Å²) in [5.74, 6) is -2.16. The molecule has 2 N–H and O–H groups in total. The molecule has 0 fully saturated rings. The van der Waals surface area contributed by atoms with E-state index in [1.807, 2.05) is 0 Å². The van der Waals surface area contributed by atoms with E-state index in [0.29, 0.717) is 6.42 Å². The topological polar surface area (TPSA) is 83.8 Å². The smallest absolute Gasteiger partial charge is 0.309 e. The average molecular weight is 272 g/mol. The summed E-state index contributed by atoms with van der Waals surface area (Å²) >= 11 is 0. The summed E-state index contributed by atoms with van der Waals surface area (Å²) in [6.45, 7) is 1.78. The standard InChI is InChI=1S/C14H24O5/c1-2-3-4-5-6-7-8-12(11-13(16)17)14(18)19-10-9-15/h4-5,12,15H,2-3,6-11H2,1H3,(H,16,17)/b5-4+. The number of esters is 1. The quantitative estimate of drug-likeness (QED) is 0.342. The Bertz CT molecular complexity index is 286. The SMILES string of the molecule is CCC/C=C/CCCC(CC(=O)O)C(=O)OCCO. The number of aliphatic hydroxyl groups excluding tert-OH is 1. The van der Waals surface area contributed by atoms with E-state index in [1.54, 1.807) is 0 Å². The predicted molar refractivity (Wildman–Crippen MR) is 71.7 cm³/mol. The second-order valence-electron chi connectivity index (χ2n) is 4.38. The first-order chi connectivity index (χ1) is 9.11. The van der Waals surface area contributed by atoms with E-state index in [4.69, 9.17) is 14.9 Å². The van der Waals surface area contributed by atoms with Crippen LogP contribution in [0.3, 0.4) is 0 Å². The van der Waals surface area contributed by atoms with Gasteiger partial charge in [0.25, 0.3) is 0 Å². The molecule has 0 spiro atoms. The molecule has 1 atom stereocenters. The molecule has 0 aliphatic rings. The van der Waals surface area contributed by atoms with Crippen molar-refractivity contribution in [1.29, 1.82) is 0 Å². The summed E-state index contributed by atoms with van der Waals surface area (Å²) in [6, 6.07) is 0. The van der Waals surface area contributed by atoms with Crippen molar-refractivity contribution in [2.24, 2.45) is 5.92 Å². The van der Waals surface area contributed by atoms with Crippen LogP contribution in [0.15, 0.2) is 12.2 Å². The Hall–Kier alpha value is -1.36. The van der Waals surface area contributed by atoms with E-state index in [9.17, 15) is 9.59 Å². The highest BCUT2D eigenvalue weighted by molar-refractivity contribution is 5.79. The first-order valence-electron chi connectivity index (χ1n) is 6.76. The molecule has 0 rings (SSSR count). The van der Waals surface area contributed by atoms with Gasteiger partial charge in [-0.05, 0) is 25.7 Å². The van der Waals surface area contributed by atoms with Crippen molar-refractivity contribution in [3.63, 3.8) is 0 Å². The fraction of sp³-hybridized carbons (Fsp3) is 0.714. The molecule has 1 unspecified atom stereocenters. The molecule has 0 aliphatic carbocycles. The molecule has 0 heterocycles. The number of carboxylic acid groups (broad SMARTS) is 1. The molecular weight excluding hydrogens is 248 g/mol. The third-order valence-corrected chi connectivity index (χ3v) is 2.64. The van der Waals surface area contributed by atoms with E-state index >= 15 is 0 Å². The molecule has 0 aromatic carbocycles. The number of allylic oxidation sites excluding steroid dienone is 2. The molecule has 0 aromatic heterocycles. The summed E-state index contributed by atoms with van der Waals surface area (Å²) in [6.07, 6.45) is 8.16. The van der Waals surface area contributed by atoms with Gasteiger partial charge in [0.2, 0.25) is 0 Å². The molecule has 0 saturated carbocycles. The Kier molecular flexibility index (Phi) is 10.9. The van der Waals surface area contributed by atoms with E-state index in [-0.39, 0.29) is 19.6 Å². The van der Waals surface area contributed by atoms with E-state index < -0.39 is 17.9 Å². The Morgan fingerprint density at radius 2 is 1.95 bits per heavy atom. The number of aliphatic hydroxyl groups is 1. The molecule has 0 aromatic rings. The van der Waals surface area contributed by atoms with Gasteiger partial charge in [0, 0.05) is 0 Å². The monoisotopic (exact) mass is 272 g/mol. The van der Waals surface area contributed by atoms with Crippen LogP contribution in [0.5, 0.6) is 0 Å². The fourth-order valence-electron chi connectivity index (χ4n) is 1.66. The third-order valence-electron chi connectivity index (χ3n) is 2.64. The molecule has 0 aliphatic heterocycles. The van der Waals surface area contributed by atoms with Gasteiger partial charge >= 0.3 is 11.9 Å². The Balaban J connectivity index is 4.05. The van der Waals surface area contributed by atoms with Gasteiger partial charge in [0.1, 0.15) is 6.61 Å². The van der Waals surface area contributed by atoms with Crippen LogP contribution in [-0.4, -0.2) is 35.4 Å². The van der Waals surface area contributed by atoms with Crippen molar-refractivity contribution in [1.82, 2.24) is 0 Å². The molecule has 0 bridgehead atoms. The maximum atomic E-state index is 11.6. The lowest BCUT2D eigenvalue weighted by Crippen LogP contribution is -2.22. The van der Waals surface area contributed by atoms with Crippen molar-refractivity contribution < 1.29 is 24.5 Å². The number of carbonyl (C=O) groups excluding carboxylic acids is 1. The van der Waals surface area contributed by atoms with Crippen LogP contribution in [0.2, 0.25) is 0 Å². The number of aliphatic carboxylic acids is 1. The van der Waals surface area contributed by atoms with E-state index in [0.717, 1.165) is 25.7 Å². The highest BCUT2D eigenvalue weighted by Gasteiger charge is 2.22. The van der Waals surface area contributed by atoms with E-state index in [2.05, 4.69) is 19.1 Å². The van der Waals surface area contributed by atoms with Crippen molar-refractivity contribution in [2.75, 3.05) is 13.2 Å². The minimum absolute atomic E-state index is 0.0780. The summed E-state index contributed by atoms with van der Waals surface area (Å²) in [4.78, 5) is 22.3. The van der Waals surface area contributed by atoms with Gasteiger partial charge in [-0.3, -0.25) is 9.59 Å². The second-order valence-corrected chi connectivity index (χ2v) is 4.38.